The number of aromatic nitrogens is 1. The van der Waals surface area contributed by atoms with Crippen LogP contribution in [0.2, 0.25) is 5.02 Å². The third-order valence-corrected chi connectivity index (χ3v) is 4.66. The molecule has 1 aliphatic rings. The van der Waals surface area contributed by atoms with E-state index in [1.54, 1.807) is 36.7 Å². The summed E-state index contributed by atoms with van der Waals surface area (Å²) in [5, 5.41) is 3.66. The second-order valence-electron chi connectivity index (χ2n) is 6.16. The highest BCUT2D eigenvalue weighted by atomic mass is 35.5. The van der Waals surface area contributed by atoms with Crippen LogP contribution in [0, 0.1) is 5.92 Å². The van der Waals surface area contributed by atoms with Crippen molar-refractivity contribution in [1.82, 2.24) is 10.3 Å². The first kappa shape index (κ1) is 20.2. The molecule has 4 nitrogen and oxygen atoms in total. The number of pyridine rings is 1. The first-order chi connectivity index (χ1) is 12.7. The lowest BCUT2D eigenvalue weighted by Crippen LogP contribution is -2.33. The summed E-state index contributed by atoms with van der Waals surface area (Å²) in [6.07, 6.45) is 7.91. The van der Waals surface area contributed by atoms with Crippen molar-refractivity contribution >= 4 is 17.5 Å². The van der Waals surface area contributed by atoms with Crippen LogP contribution in [0.4, 0.5) is 0 Å². The van der Waals surface area contributed by atoms with Gasteiger partial charge in [0.15, 0.2) is 0 Å². The lowest BCUT2D eigenvalue weighted by molar-refractivity contribution is 0.0928. The molecule has 0 radical (unpaired) electrons. The van der Waals surface area contributed by atoms with Gasteiger partial charge in [-0.05, 0) is 68.0 Å². The van der Waals surface area contributed by atoms with E-state index in [9.17, 15) is 4.79 Å². The van der Waals surface area contributed by atoms with E-state index in [1.165, 1.54) is 0 Å². The molecule has 1 saturated carbocycles. The highest BCUT2D eigenvalue weighted by molar-refractivity contribution is 6.30. The molecular formula is C21H27ClN2O2. The van der Waals surface area contributed by atoms with Gasteiger partial charge in [0.05, 0.1) is 6.10 Å². The Hall–Kier alpha value is -2.07. The number of ether oxygens (including phenoxy) is 1. The van der Waals surface area contributed by atoms with Gasteiger partial charge in [0.2, 0.25) is 0 Å². The van der Waals surface area contributed by atoms with Gasteiger partial charge in [-0.2, -0.15) is 0 Å². The summed E-state index contributed by atoms with van der Waals surface area (Å²) in [5.74, 6) is 1.35. The topological polar surface area (TPSA) is 51.2 Å². The first-order valence-corrected chi connectivity index (χ1v) is 9.69. The van der Waals surface area contributed by atoms with Crippen LogP contribution in [0.3, 0.4) is 0 Å². The molecule has 5 heteroatoms. The fraction of sp³-hybridized carbons (Fsp3) is 0.429. The summed E-state index contributed by atoms with van der Waals surface area (Å²) < 4.78 is 5.97. The zero-order chi connectivity index (χ0) is 18.8. The molecular weight excluding hydrogens is 348 g/mol. The molecule has 140 valence electrons. The van der Waals surface area contributed by atoms with Gasteiger partial charge in [0, 0.05) is 29.5 Å². The fourth-order valence-electron chi connectivity index (χ4n) is 3.00. The molecule has 3 rings (SSSR count). The minimum absolute atomic E-state index is 0.0400. The third kappa shape index (κ3) is 6.34. The molecule has 0 aliphatic heterocycles. The molecule has 0 unspecified atom stereocenters. The number of halogens is 1. The minimum Gasteiger partial charge on any atom is -0.490 e. The standard InChI is InChI=1S/C19H21ClN2O2.C2H6/c20-16-5-3-15(4-6-16)19(23)22-13-14-1-7-17(8-2-14)24-18-9-11-21-12-10-18;1-2/h3-6,9-12,14,17H,1-2,7-8,13H2,(H,22,23);1-2H3. The zero-order valence-electron chi connectivity index (χ0n) is 15.5. The van der Waals surface area contributed by atoms with Crippen LogP contribution in [-0.4, -0.2) is 23.5 Å². The van der Waals surface area contributed by atoms with E-state index in [0.717, 1.165) is 31.4 Å². The van der Waals surface area contributed by atoms with Gasteiger partial charge in [0.25, 0.3) is 5.91 Å². The number of rotatable bonds is 5. The fourth-order valence-corrected chi connectivity index (χ4v) is 3.13. The smallest absolute Gasteiger partial charge is 0.251 e. The third-order valence-electron chi connectivity index (χ3n) is 4.40. The summed E-state index contributed by atoms with van der Waals surface area (Å²) in [4.78, 5) is 16.1. The number of amides is 1. The Morgan fingerprint density at radius 2 is 1.69 bits per heavy atom. The van der Waals surface area contributed by atoms with E-state index in [-0.39, 0.29) is 12.0 Å². The highest BCUT2D eigenvalue weighted by Gasteiger charge is 2.23. The second-order valence-corrected chi connectivity index (χ2v) is 6.60. The molecule has 1 N–H and O–H groups in total. The predicted octanol–water partition coefficient (Wildman–Crippen LogP) is 5.13. The largest absolute Gasteiger partial charge is 0.490 e. The maximum Gasteiger partial charge on any atom is 0.251 e. The molecule has 26 heavy (non-hydrogen) atoms. The molecule has 0 saturated heterocycles. The summed E-state index contributed by atoms with van der Waals surface area (Å²) in [6, 6.07) is 10.7. The van der Waals surface area contributed by atoms with Crippen LogP contribution in [0.5, 0.6) is 5.75 Å². The Bertz CT molecular complexity index is 653. The van der Waals surface area contributed by atoms with Crippen LogP contribution in [0.15, 0.2) is 48.8 Å². The van der Waals surface area contributed by atoms with Gasteiger partial charge in [-0.15, -0.1) is 0 Å². The summed E-state index contributed by atoms with van der Waals surface area (Å²) in [7, 11) is 0. The van der Waals surface area contributed by atoms with Crippen LogP contribution in [-0.2, 0) is 0 Å². The normalized spacial score (nSPS) is 19.0. The SMILES string of the molecule is CC.O=C(NCC1CCC(Oc2ccncc2)CC1)c1ccc(Cl)cc1. The van der Waals surface area contributed by atoms with Crippen LogP contribution in [0.25, 0.3) is 0 Å². The summed E-state index contributed by atoms with van der Waals surface area (Å²) in [5.41, 5.74) is 0.647. The molecule has 2 aromatic rings. The summed E-state index contributed by atoms with van der Waals surface area (Å²) in [6.45, 7) is 4.71. The average molecular weight is 375 g/mol. The van der Waals surface area contributed by atoms with Crippen LogP contribution in [0.1, 0.15) is 49.9 Å². The Kier molecular flexibility index (Phi) is 8.42. The Balaban J connectivity index is 0.00000117. The van der Waals surface area contributed by atoms with E-state index in [1.807, 2.05) is 26.0 Å². The van der Waals surface area contributed by atoms with Crippen LogP contribution >= 0.6 is 11.6 Å². The Morgan fingerprint density at radius 1 is 1.08 bits per heavy atom. The van der Waals surface area contributed by atoms with Gasteiger partial charge in [-0.25, -0.2) is 0 Å². The molecule has 0 atom stereocenters. The molecule has 0 spiro atoms. The lowest BCUT2D eigenvalue weighted by atomic mass is 9.87. The van der Waals surface area contributed by atoms with Gasteiger partial charge in [-0.1, -0.05) is 25.4 Å². The van der Waals surface area contributed by atoms with Crippen molar-refractivity contribution in [2.24, 2.45) is 5.92 Å². The number of hydrogen-bond acceptors (Lipinski definition) is 3. The number of carbonyl (C=O) groups is 1. The Morgan fingerprint density at radius 3 is 2.31 bits per heavy atom. The van der Waals surface area contributed by atoms with E-state index in [4.69, 9.17) is 16.3 Å². The van der Waals surface area contributed by atoms with Crippen molar-refractivity contribution in [1.29, 1.82) is 0 Å². The van der Waals surface area contributed by atoms with Crippen molar-refractivity contribution in [2.75, 3.05) is 6.54 Å². The van der Waals surface area contributed by atoms with Gasteiger partial charge >= 0.3 is 0 Å². The quantitative estimate of drug-likeness (QED) is 0.789. The Labute approximate surface area is 160 Å². The molecule has 1 aliphatic carbocycles. The number of nitrogens with one attached hydrogen (secondary N) is 1. The van der Waals surface area contributed by atoms with E-state index in [0.29, 0.717) is 23.0 Å². The number of benzene rings is 1. The highest BCUT2D eigenvalue weighted by Crippen LogP contribution is 2.27. The van der Waals surface area contributed by atoms with E-state index >= 15 is 0 Å². The molecule has 1 aromatic carbocycles. The van der Waals surface area contributed by atoms with Crippen molar-refractivity contribution in [3.63, 3.8) is 0 Å². The molecule has 0 bridgehead atoms. The molecule has 1 amide bonds. The molecule has 1 heterocycles. The van der Waals surface area contributed by atoms with Gasteiger partial charge in [0.1, 0.15) is 5.75 Å². The lowest BCUT2D eigenvalue weighted by Gasteiger charge is -2.29. The van der Waals surface area contributed by atoms with Crippen molar-refractivity contribution < 1.29 is 9.53 Å². The second kappa shape index (κ2) is 10.8. The van der Waals surface area contributed by atoms with Crippen molar-refractivity contribution in [3.8, 4) is 5.75 Å². The number of carbonyl (C=O) groups excluding carboxylic acids is 1. The summed E-state index contributed by atoms with van der Waals surface area (Å²) >= 11 is 5.84. The van der Waals surface area contributed by atoms with Crippen LogP contribution < -0.4 is 10.1 Å². The van der Waals surface area contributed by atoms with E-state index < -0.39 is 0 Å². The predicted molar refractivity (Wildman–Crippen MR) is 106 cm³/mol. The average Bonchev–Trinajstić information content (AvgIpc) is 2.70. The monoisotopic (exact) mass is 374 g/mol. The minimum atomic E-state index is -0.0400. The maximum atomic E-state index is 12.1. The first-order valence-electron chi connectivity index (χ1n) is 9.31. The van der Waals surface area contributed by atoms with Crippen molar-refractivity contribution in [3.05, 3.63) is 59.4 Å². The van der Waals surface area contributed by atoms with E-state index in [2.05, 4.69) is 10.3 Å². The number of nitrogens with zero attached hydrogens (tertiary/aromatic N) is 1. The van der Waals surface area contributed by atoms with Gasteiger partial charge < -0.3 is 10.1 Å². The maximum absolute atomic E-state index is 12.1. The van der Waals surface area contributed by atoms with Crippen molar-refractivity contribution in [2.45, 2.75) is 45.6 Å². The van der Waals surface area contributed by atoms with Gasteiger partial charge in [-0.3, -0.25) is 9.78 Å². The molecule has 1 fully saturated rings. The number of hydrogen-bond donors (Lipinski definition) is 1. The molecule has 1 aromatic heterocycles. The zero-order valence-corrected chi connectivity index (χ0v) is 16.2.